The summed E-state index contributed by atoms with van der Waals surface area (Å²) >= 11 is -2.16. The Labute approximate surface area is 131 Å². The van der Waals surface area contributed by atoms with Gasteiger partial charge in [0.1, 0.15) is 0 Å². The molecular weight excluding hydrogens is 349 g/mol. The third-order valence-electron chi connectivity index (χ3n) is 4.74. The van der Waals surface area contributed by atoms with Crippen molar-refractivity contribution in [3.63, 3.8) is 0 Å². The molecule has 2 heteroatoms. The molecule has 1 aromatic rings. The third kappa shape index (κ3) is 4.82. The van der Waals surface area contributed by atoms with Crippen LogP contribution in [0.1, 0.15) is 66.2 Å². The van der Waals surface area contributed by atoms with Crippen LogP contribution >= 0.6 is 0 Å². The molecule has 0 saturated heterocycles. The van der Waals surface area contributed by atoms with E-state index >= 15 is 0 Å². The Bertz CT molecular complexity index is 334. The van der Waals surface area contributed by atoms with Crippen molar-refractivity contribution in [3.8, 4) is 0 Å². The van der Waals surface area contributed by atoms with E-state index in [-0.39, 0.29) is 0 Å². The van der Waals surface area contributed by atoms with Crippen LogP contribution in [0.4, 0.5) is 0 Å². The molecule has 1 nitrogen and oxygen atoms in total. The van der Waals surface area contributed by atoms with E-state index in [2.05, 4.69) is 50.6 Å². The van der Waals surface area contributed by atoms with Crippen molar-refractivity contribution in [1.82, 2.24) is 4.57 Å². The molecule has 0 N–H and O–H groups in total. The van der Waals surface area contributed by atoms with Gasteiger partial charge in [-0.05, 0) is 0 Å². The van der Waals surface area contributed by atoms with Crippen LogP contribution in [0.25, 0.3) is 0 Å². The standard InChI is InChI=1S/C6H8N.3C4H9.Sn/c1-2-7-5-3-4-6-7;3*1-3-4-2;/h3-5H,2H2,1H3;3*1,3-4H2,2H3;. The zero-order valence-electron chi connectivity index (χ0n) is 14.3. The van der Waals surface area contributed by atoms with Crippen LogP contribution in [-0.4, -0.2) is 22.9 Å². The molecule has 20 heavy (non-hydrogen) atoms. The van der Waals surface area contributed by atoms with Gasteiger partial charge in [0.15, 0.2) is 0 Å². The summed E-state index contributed by atoms with van der Waals surface area (Å²) in [6.07, 6.45) is 10.8. The van der Waals surface area contributed by atoms with E-state index in [4.69, 9.17) is 0 Å². The molecule has 0 atom stereocenters. The summed E-state index contributed by atoms with van der Waals surface area (Å²) in [4.78, 5) is 0. The number of aromatic nitrogens is 1. The van der Waals surface area contributed by atoms with Gasteiger partial charge in [0, 0.05) is 0 Å². The number of rotatable bonds is 11. The first-order valence-electron chi connectivity index (χ1n) is 8.89. The van der Waals surface area contributed by atoms with E-state index in [9.17, 15) is 0 Å². The van der Waals surface area contributed by atoms with Crippen LogP contribution in [0.2, 0.25) is 13.3 Å². The maximum absolute atomic E-state index is 2.58. The molecule has 0 radical (unpaired) electrons. The molecule has 0 bridgehead atoms. The van der Waals surface area contributed by atoms with Crippen LogP contribution in [0, 0.1) is 0 Å². The van der Waals surface area contributed by atoms with Gasteiger partial charge in [0.2, 0.25) is 0 Å². The molecule has 0 spiro atoms. The van der Waals surface area contributed by atoms with Crippen molar-refractivity contribution in [1.29, 1.82) is 0 Å². The summed E-state index contributed by atoms with van der Waals surface area (Å²) in [5, 5.41) is 0. The predicted molar refractivity (Wildman–Crippen MR) is 94.6 cm³/mol. The molecule has 1 aromatic heterocycles. The summed E-state index contributed by atoms with van der Waals surface area (Å²) < 4.78 is 9.13. The number of unbranched alkanes of at least 4 members (excludes halogenated alkanes) is 3. The molecule has 0 amide bonds. The SMILES string of the molecule is CCC[CH2][Sn]([CH2]CCC)([CH2]CCC)[c]1cccn1CC. The maximum atomic E-state index is 2.58. The van der Waals surface area contributed by atoms with Crippen LogP contribution in [-0.2, 0) is 6.54 Å². The first-order valence-corrected chi connectivity index (χ1v) is 16.4. The molecule has 0 aliphatic heterocycles. The molecule has 0 aliphatic rings. The number of aryl methyl sites for hydroxylation is 1. The van der Waals surface area contributed by atoms with Crippen molar-refractivity contribution in [3.05, 3.63) is 18.3 Å². The second-order valence-electron chi connectivity index (χ2n) is 6.27. The fourth-order valence-corrected chi connectivity index (χ4v) is 20.3. The van der Waals surface area contributed by atoms with Crippen molar-refractivity contribution in [2.75, 3.05) is 0 Å². The van der Waals surface area contributed by atoms with Crippen molar-refractivity contribution in [2.24, 2.45) is 0 Å². The van der Waals surface area contributed by atoms with E-state index in [0.717, 1.165) is 6.54 Å². The summed E-state index contributed by atoms with van der Waals surface area (Å²) in [5.74, 6) is 0. The van der Waals surface area contributed by atoms with Crippen molar-refractivity contribution >= 4 is 22.1 Å². The van der Waals surface area contributed by atoms with E-state index in [1.807, 2.05) is 3.71 Å². The molecule has 0 aliphatic carbocycles. The normalized spacial score (nSPS) is 12.0. The zero-order chi connectivity index (χ0) is 14.8. The zero-order valence-corrected chi connectivity index (χ0v) is 17.1. The first-order chi connectivity index (χ1) is 9.74. The second-order valence-corrected chi connectivity index (χ2v) is 19.3. The van der Waals surface area contributed by atoms with Gasteiger partial charge >= 0.3 is 131 Å². The number of nitrogens with zero attached hydrogens (tertiary/aromatic N) is 1. The Balaban J connectivity index is 3.04. The van der Waals surface area contributed by atoms with Gasteiger partial charge in [-0.25, -0.2) is 0 Å². The van der Waals surface area contributed by atoms with E-state index < -0.39 is 18.4 Å². The number of hydrogen-bond donors (Lipinski definition) is 0. The van der Waals surface area contributed by atoms with Gasteiger partial charge in [0.25, 0.3) is 0 Å². The molecule has 1 heterocycles. The van der Waals surface area contributed by atoms with E-state index in [1.165, 1.54) is 38.5 Å². The summed E-state index contributed by atoms with van der Waals surface area (Å²) in [6.45, 7) is 10.5. The average molecular weight is 384 g/mol. The first kappa shape index (κ1) is 18.1. The summed E-state index contributed by atoms with van der Waals surface area (Å²) in [6, 6.07) is 4.79. The van der Waals surface area contributed by atoms with Crippen molar-refractivity contribution < 1.29 is 0 Å². The quantitative estimate of drug-likeness (QED) is 0.440. The third-order valence-corrected chi connectivity index (χ3v) is 20.4. The van der Waals surface area contributed by atoms with Crippen LogP contribution in [0.15, 0.2) is 18.3 Å². The van der Waals surface area contributed by atoms with Gasteiger partial charge in [-0.3, -0.25) is 0 Å². The van der Waals surface area contributed by atoms with Crippen molar-refractivity contribution in [2.45, 2.75) is 86.1 Å². The van der Waals surface area contributed by atoms with Gasteiger partial charge in [-0.2, -0.15) is 0 Å². The molecule has 0 unspecified atom stereocenters. The minimum atomic E-state index is -2.16. The van der Waals surface area contributed by atoms with E-state index in [1.54, 1.807) is 13.3 Å². The second kappa shape index (κ2) is 9.91. The summed E-state index contributed by atoms with van der Waals surface area (Å²) in [7, 11) is 0. The summed E-state index contributed by atoms with van der Waals surface area (Å²) in [5.41, 5.74) is 0. The Morgan fingerprint density at radius 2 is 1.35 bits per heavy atom. The molecule has 0 fully saturated rings. The van der Waals surface area contributed by atoms with Crippen LogP contribution in [0.5, 0.6) is 0 Å². The molecular formula is C18H35NSn. The average Bonchev–Trinajstić information content (AvgIpc) is 2.96. The Morgan fingerprint density at radius 3 is 1.75 bits per heavy atom. The Hall–Kier alpha value is 0.0787. The van der Waals surface area contributed by atoms with Crippen LogP contribution in [0.3, 0.4) is 0 Å². The topological polar surface area (TPSA) is 4.93 Å². The van der Waals surface area contributed by atoms with Gasteiger partial charge in [-0.15, -0.1) is 0 Å². The molecule has 0 aromatic carbocycles. The van der Waals surface area contributed by atoms with E-state index in [0.29, 0.717) is 0 Å². The predicted octanol–water partition coefficient (Wildman–Crippen LogP) is 5.56. The van der Waals surface area contributed by atoms with Gasteiger partial charge in [0.05, 0.1) is 0 Å². The number of hydrogen-bond acceptors (Lipinski definition) is 0. The fraction of sp³-hybridized carbons (Fsp3) is 0.778. The molecule has 1 rings (SSSR count). The fourth-order valence-electron chi connectivity index (χ4n) is 3.48. The Morgan fingerprint density at radius 1 is 0.850 bits per heavy atom. The molecule has 116 valence electrons. The van der Waals surface area contributed by atoms with Gasteiger partial charge in [-0.1, -0.05) is 0 Å². The minimum absolute atomic E-state index is 1.16. The van der Waals surface area contributed by atoms with Crippen LogP contribution < -0.4 is 3.71 Å². The Kier molecular flexibility index (Phi) is 8.99. The monoisotopic (exact) mass is 385 g/mol. The molecule has 0 saturated carbocycles. The van der Waals surface area contributed by atoms with Gasteiger partial charge < -0.3 is 0 Å².